The maximum atomic E-state index is 13.8. The summed E-state index contributed by atoms with van der Waals surface area (Å²) < 4.78 is 24.2. The first-order chi connectivity index (χ1) is 13.9. The zero-order chi connectivity index (χ0) is 21.4. The van der Waals surface area contributed by atoms with Crippen molar-refractivity contribution in [2.45, 2.75) is 19.9 Å². The monoisotopic (exact) mass is 401 g/mol. The van der Waals surface area contributed by atoms with Crippen molar-refractivity contribution in [2.24, 2.45) is 11.0 Å². The standard InChI is InChI=1S/C21H24FN3O4/c1-13(2)19(24-20(26)16-7-5-6-8-17(16)22)21(27)25-23-12-14-11-15(28-3)9-10-18(14)29-4/h5-13,19H,1-4H3,(H,24,26)(H,25,27). The normalized spacial score (nSPS) is 11.9. The van der Waals surface area contributed by atoms with Crippen LogP contribution < -0.4 is 20.2 Å². The van der Waals surface area contributed by atoms with Crippen LogP contribution in [0, 0.1) is 11.7 Å². The Hall–Kier alpha value is -3.42. The molecule has 7 nitrogen and oxygen atoms in total. The first-order valence-corrected chi connectivity index (χ1v) is 8.97. The van der Waals surface area contributed by atoms with E-state index in [0.29, 0.717) is 17.1 Å². The molecule has 2 aromatic carbocycles. The number of carbonyl (C=O) groups excluding carboxylic acids is 2. The number of hydrazone groups is 1. The van der Waals surface area contributed by atoms with E-state index in [2.05, 4.69) is 15.8 Å². The van der Waals surface area contributed by atoms with Gasteiger partial charge in [-0.3, -0.25) is 9.59 Å². The summed E-state index contributed by atoms with van der Waals surface area (Å²) in [5, 5.41) is 6.49. The molecule has 2 N–H and O–H groups in total. The van der Waals surface area contributed by atoms with Crippen LogP contribution in [0.4, 0.5) is 4.39 Å². The second-order valence-corrected chi connectivity index (χ2v) is 6.52. The van der Waals surface area contributed by atoms with Gasteiger partial charge in [-0.15, -0.1) is 0 Å². The Morgan fingerprint density at radius 2 is 1.83 bits per heavy atom. The summed E-state index contributed by atoms with van der Waals surface area (Å²) in [7, 11) is 3.06. The Morgan fingerprint density at radius 1 is 1.10 bits per heavy atom. The third-order valence-corrected chi connectivity index (χ3v) is 4.17. The molecule has 0 saturated carbocycles. The molecule has 0 saturated heterocycles. The van der Waals surface area contributed by atoms with E-state index < -0.39 is 23.7 Å². The van der Waals surface area contributed by atoms with Crippen molar-refractivity contribution in [1.29, 1.82) is 0 Å². The fraction of sp³-hybridized carbons (Fsp3) is 0.286. The highest BCUT2D eigenvalue weighted by Gasteiger charge is 2.25. The van der Waals surface area contributed by atoms with Gasteiger partial charge in [0.15, 0.2) is 0 Å². The minimum absolute atomic E-state index is 0.129. The Bertz CT molecular complexity index is 899. The van der Waals surface area contributed by atoms with E-state index in [1.807, 2.05) is 0 Å². The van der Waals surface area contributed by atoms with Crippen LogP contribution in [0.5, 0.6) is 11.5 Å². The Kier molecular flexibility index (Phi) is 7.70. The molecule has 0 aliphatic rings. The van der Waals surface area contributed by atoms with Gasteiger partial charge in [-0.05, 0) is 36.2 Å². The molecule has 0 aliphatic heterocycles. The lowest BCUT2D eigenvalue weighted by Gasteiger charge is -2.20. The molecule has 1 unspecified atom stereocenters. The van der Waals surface area contributed by atoms with Gasteiger partial charge >= 0.3 is 0 Å². The van der Waals surface area contributed by atoms with Gasteiger partial charge in [-0.1, -0.05) is 26.0 Å². The molecule has 1 atom stereocenters. The lowest BCUT2D eigenvalue weighted by Crippen LogP contribution is -2.48. The zero-order valence-corrected chi connectivity index (χ0v) is 16.7. The second-order valence-electron chi connectivity index (χ2n) is 6.52. The average Bonchev–Trinajstić information content (AvgIpc) is 2.71. The molecule has 0 spiro atoms. The van der Waals surface area contributed by atoms with E-state index in [4.69, 9.17) is 9.47 Å². The highest BCUT2D eigenvalue weighted by atomic mass is 19.1. The SMILES string of the molecule is COc1ccc(OC)c(C=NNC(=O)C(NC(=O)c2ccccc2F)C(C)C)c1. The molecule has 2 aromatic rings. The van der Waals surface area contributed by atoms with Crippen LogP contribution in [-0.2, 0) is 4.79 Å². The number of nitrogens with zero attached hydrogens (tertiary/aromatic N) is 1. The van der Waals surface area contributed by atoms with Crippen molar-refractivity contribution in [3.8, 4) is 11.5 Å². The van der Waals surface area contributed by atoms with Crippen molar-refractivity contribution < 1.29 is 23.5 Å². The van der Waals surface area contributed by atoms with Gasteiger partial charge in [0.25, 0.3) is 11.8 Å². The van der Waals surface area contributed by atoms with E-state index >= 15 is 0 Å². The van der Waals surface area contributed by atoms with Crippen LogP contribution in [-0.4, -0.2) is 38.3 Å². The van der Waals surface area contributed by atoms with E-state index in [9.17, 15) is 14.0 Å². The highest BCUT2D eigenvalue weighted by molar-refractivity contribution is 5.98. The summed E-state index contributed by atoms with van der Waals surface area (Å²) in [5.74, 6) is -0.936. The molecule has 0 bridgehead atoms. The molecule has 0 aromatic heterocycles. The van der Waals surface area contributed by atoms with Crippen LogP contribution in [0.1, 0.15) is 29.8 Å². The van der Waals surface area contributed by atoms with Crippen molar-refractivity contribution in [3.63, 3.8) is 0 Å². The van der Waals surface area contributed by atoms with Crippen LogP contribution in [0.3, 0.4) is 0 Å². The maximum Gasteiger partial charge on any atom is 0.262 e. The van der Waals surface area contributed by atoms with E-state index in [1.54, 1.807) is 38.1 Å². The Labute approximate surface area is 168 Å². The molecule has 2 amide bonds. The number of halogens is 1. The topological polar surface area (TPSA) is 89.0 Å². The van der Waals surface area contributed by atoms with Gasteiger partial charge < -0.3 is 14.8 Å². The molecule has 154 valence electrons. The number of methoxy groups -OCH3 is 2. The highest BCUT2D eigenvalue weighted by Crippen LogP contribution is 2.22. The van der Waals surface area contributed by atoms with Crippen LogP contribution in [0.15, 0.2) is 47.6 Å². The summed E-state index contributed by atoms with van der Waals surface area (Å²) in [6, 6.07) is 9.84. The van der Waals surface area contributed by atoms with E-state index in [0.717, 1.165) is 0 Å². The molecule has 0 aliphatic carbocycles. The summed E-state index contributed by atoms with van der Waals surface area (Å²) in [5.41, 5.74) is 2.87. The lowest BCUT2D eigenvalue weighted by atomic mass is 10.0. The fourth-order valence-corrected chi connectivity index (χ4v) is 2.57. The number of ether oxygens (including phenoxy) is 2. The van der Waals surface area contributed by atoms with Crippen molar-refractivity contribution >= 4 is 18.0 Å². The van der Waals surface area contributed by atoms with Gasteiger partial charge in [0.1, 0.15) is 23.4 Å². The van der Waals surface area contributed by atoms with Crippen molar-refractivity contribution in [1.82, 2.24) is 10.7 Å². The third kappa shape index (κ3) is 5.78. The average molecular weight is 401 g/mol. The fourth-order valence-electron chi connectivity index (χ4n) is 2.57. The molecular formula is C21H24FN3O4. The quantitative estimate of drug-likeness (QED) is 0.526. The predicted octanol–water partition coefficient (Wildman–Crippen LogP) is 2.75. The smallest absolute Gasteiger partial charge is 0.262 e. The minimum atomic E-state index is -0.897. The summed E-state index contributed by atoms with van der Waals surface area (Å²) in [4.78, 5) is 24.8. The van der Waals surface area contributed by atoms with Crippen LogP contribution in [0.2, 0.25) is 0 Å². The first kappa shape index (κ1) is 21.9. The van der Waals surface area contributed by atoms with Crippen molar-refractivity contribution in [3.05, 3.63) is 59.4 Å². The lowest BCUT2D eigenvalue weighted by molar-refractivity contribution is -0.123. The van der Waals surface area contributed by atoms with Gasteiger partial charge in [0.2, 0.25) is 0 Å². The van der Waals surface area contributed by atoms with E-state index in [1.165, 1.54) is 38.6 Å². The number of benzene rings is 2. The Morgan fingerprint density at radius 3 is 2.45 bits per heavy atom. The van der Waals surface area contributed by atoms with Gasteiger partial charge in [-0.2, -0.15) is 5.10 Å². The zero-order valence-electron chi connectivity index (χ0n) is 16.7. The van der Waals surface area contributed by atoms with Crippen LogP contribution >= 0.6 is 0 Å². The number of hydrogen-bond donors (Lipinski definition) is 2. The number of hydrogen-bond acceptors (Lipinski definition) is 5. The molecule has 8 heteroatoms. The second kappa shape index (κ2) is 10.2. The summed E-state index contributed by atoms with van der Waals surface area (Å²) in [6.07, 6.45) is 1.41. The summed E-state index contributed by atoms with van der Waals surface area (Å²) in [6.45, 7) is 3.53. The third-order valence-electron chi connectivity index (χ3n) is 4.17. The van der Waals surface area contributed by atoms with E-state index in [-0.39, 0.29) is 11.5 Å². The molecule has 0 heterocycles. The number of amides is 2. The van der Waals surface area contributed by atoms with Crippen molar-refractivity contribution in [2.75, 3.05) is 14.2 Å². The molecule has 29 heavy (non-hydrogen) atoms. The summed E-state index contributed by atoms with van der Waals surface area (Å²) >= 11 is 0. The van der Waals surface area contributed by atoms with Gasteiger partial charge in [0.05, 0.1) is 26.0 Å². The number of rotatable bonds is 8. The van der Waals surface area contributed by atoms with Gasteiger partial charge in [0, 0.05) is 5.56 Å². The van der Waals surface area contributed by atoms with Crippen LogP contribution in [0.25, 0.3) is 0 Å². The largest absolute Gasteiger partial charge is 0.497 e. The first-order valence-electron chi connectivity index (χ1n) is 8.97. The molecule has 0 radical (unpaired) electrons. The predicted molar refractivity (Wildman–Crippen MR) is 108 cm³/mol. The molecular weight excluding hydrogens is 377 g/mol. The Balaban J connectivity index is 2.09. The minimum Gasteiger partial charge on any atom is -0.497 e. The molecule has 2 rings (SSSR count). The number of nitrogens with one attached hydrogen (secondary N) is 2. The van der Waals surface area contributed by atoms with Gasteiger partial charge in [-0.25, -0.2) is 9.82 Å². The number of carbonyl (C=O) groups is 2. The molecule has 0 fully saturated rings. The maximum absolute atomic E-state index is 13.8.